The summed E-state index contributed by atoms with van der Waals surface area (Å²) in [6.45, 7) is 16.3. The molecule has 0 aromatic heterocycles. The van der Waals surface area contributed by atoms with Crippen molar-refractivity contribution in [3.05, 3.63) is 64.2 Å². The molecule has 0 saturated carbocycles. The molecule has 0 saturated heterocycles. The van der Waals surface area contributed by atoms with E-state index >= 15 is 0 Å². The van der Waals surface area contributed by atoms with Crippen LogP contribution in [0.3, 0.4) is 0 Å². The summed E-state index contributed by atoms with van der Waals surface area (Å²) in [4.78, 5) is 0. The topological polar surface area (TPSA) is 0 Å². The molecule has 0 fully saturated rings. The first-order chi connectivity index (χ1) is 12.2. The Balaban J connectivity index is 2.31. The maximum atomic E-state index is 2.51. The third kappa shape index (κ3) is 3.39. The fourth-order valence-electron chi connectivity index (χ4n) is 4.16. The van der Waals surface area contributed by atoms with Crippen LogP contribution in [0.15, 0.2) is 42.0 Å². The molecule has 138 valence electrons. The molecule has 0 nitrogen and oxygen atoms in total. The number of hydrogen-bond donors (Lipinski definition) is 0. The van der Waals surface area contributed by atoms with E-state index in [1.54, 1.807) is 5.57 Å². The zero-order valence-corrected chi connectivity index (χ0v) is 17.6. The van der Waals surface area contributed by atoms with Crippen molar-refractivity contribution in [2.45, 2.75) is 72.6 Å². The normalized spacial score (nSPS) is 15.2. The van der Waals surface area contributed by atoms with Crippen LogP contribution in [-0.4, -0.2) is 0 Å². The molecule has 0 heteroatoms. The molecule has 1 aliphatic rings. The van der Waals surface area contributed by atoms with Crippen LogP contribution in [0.4, 0.5) is 0 Å². The van der Waals surface area contributed by atoms with E-state index < -0.39 is 0 Å². The second kappa shape index (κ2) is 7.06. The molecule has 26 heavy (non-hydrogen) atoms. The SMILES string of the molecule is CCC(C)C1=Cc2c(ccc(C(C)(C)C)c2-c2ccccc2C(C)C)C1. The van der Waals surface area contributed by atoms with Gasteiger partial charge in [-0.3, -0.25) is 0 Å². The second-order valence-corrected chi connectivity index (χ2v) is 9.26. The van der Waals surface area contributed by atoms with Gasteiger partial charge in [0.05, 0.1) is 0 Å². The molecule has 2 aromatic carbocycles. The number of allylic oxidation sites excluding steroid dienone is 1. The first-order valence-electron chi connectivity index (χ1n) is 10.2. The van der Waals surface area contributed by atoms with Crippen LogP contribution in [0.5, 0.6) is 0 Å². The van der Waals surface area contributed by atoms with Crippen molar-refractivity contribution in [2.24, 2.45) is 5.92 Å². The van der Waals surface area contributed by atoms with Gasteiger partial charge in [-0.05, 0) is 63.5 Å². The lowest BCUT2D eigenvalue weighted by molar-refractivity contribution is 0.591. The van der Waals surface area contributed by atoms with E-state index in [0.717, 1.165) is 6.42 Å². The summed E-state index contributed by atoms with van der Waals surface area (Å²) >= 11 is 0. The van der Waals surface area contributed by atoms with Crippen molar-refractivity contribution in [1.82, 2.24) is 0 Å². The molecule has 1 atom stereocenters. The standard InChI is InChI=1S/C26H34/c1-8-18(4)20-15-19-13-14-24(26(5,6)7)25(23(19)16-20)22-12-10-9-11-21(22)17(2)3/h9-14,16-18H,8,15H2,1-7H3. The molecule has 0 amide bonds. The highest BCUT2D eigenvalue weighted by Gasteiger charge is 2.27. The van der Waals surface area contributed by atoms with Crippen LogP contribution in [0.25, 0.3) is 17.2 Å². The first-order valence-corrected chi connectivity index (χ1v) is 10.2. The van der Waals surface area contributed by atoms with Gasteiger partial charge in [-0.1, -0.05) is 96.5 Å². The second-order valence-electron chi connectivity index (χ2n) is 9.26. The van der Waals surface area contributed by atoms with Crippen molar-refractivity contribution < 1.29 is 0 Å². The molecular weight excluding hydrogens is 312 g/mol. The van der Waals surface area contributed by atoms with Gasteiger partial charge in [-0.15, -0.1) is 0 Å². The highest BCUT2D eigenvalue weighted by molar-refractivity contribution is 5.85. The molecule has 0 bridgehead atoms. The summed E-state index contributed by atoms with van der Waals surface area (Å²) < 4.78 is 0. The van der Waals surface area contributed by atoms with Crippen LogP contribution in [0.2, 0.25) is 0 Å². The number of fused-ring (bicyclic) bond motifs is 1. The lowest BCUT2D eigenvalue weighted by Crippen LogP contribution is -2.14. The van der Waals surface area contributed by atoms with Gasteiger partial charge in [0.15, 0.2) is 0 Å². The summed E-state index contributed by atoms with van der Waals surface area (Å²) in [5.74, 6) is 1.18. The first kappa shape index (κ1) is 19.0. The molecule has 2 aromatic rings. The van der Waals surface area contributed by atoms with Gasteiger partial charge in [-0.2, -0.15) is 0 Å². The highest BCUT2D eigenvalue weighted by Crippen LogP contribution is 2.44. The lowest BCUT2D eigenvalue weighted by atomic mass is 9.77. The van der Waals surface area contributed by atoms with E-state index in [1.807, 2.05) is 0 Å². The van der Waals surface area contributed by atoms with Gasteiger partial charge in [0.2, 0.25) is 0 Å². The van der Waals surface area contributed by atoms with Crippen LogP contribution < -0.4 is 0 Å². The van der Waals surface area contributed by atoms with Gasteiger partial charge < -0.3 is 0 Å². The van der Waals surface area contributed by atoms with Crippen LogP contribution in [-0.2, 0) is 11.8 Å². The van der Waals surface area contributed by atoms with Gasteiger partial charge in [0.1, 0.15) is 0 Å². The third-order valence-electron chi connectivity index (χ3n) is 5.97. The highest BCUT2D eigenvalue weighted by atomic mass is 14.3. The van der Waals surface area contributed by atoms with Gasteiger partial charge in [0.25, 0.3) is 0 Å². The van der Waals surface area contributed by atoms with E-state index in [0.29, 0.717) is 11.8 Å². The molecule has 0 N–H and O–H groups in total. The van der Waals surface area contributed by atoms with Crippen molar-refractivity contribution >= 4 is 6.08 Å². The van der Waals surface area contributed by atoms with Crippen molar-refractivity contribution in [2.75, 3.05) is 0 Å². The maximum Gasteiger partial charge on any atom is -0.00549 e. The predicted octanol–water partition coefficient (Wildman–Crippen LogP) is 7.76. The van der Waals surface area contributed by atoms with Crippen LogP contribution in [0, 0.1) is 5.92 Å². The van der Waals surface area contributed by atoms with Crippen LogP contribution in [0.1, 0.15) is 83.1 Å². The Kier molecular flexibility index (Phi) is 5.15. The minimum absolute atomic E-state index is 0.126. The van der Waals surface area contributed by atoms with Gasteiger partial charge >= 0.3 is 0 Å². The summed E-state index contributed by atoms with van der Waals surface area (Å²) in [6, 6.07) is 13.8. The quantitative estimate of drug-likeness (QED) is 0.530. The van der Waals surface area contributed by atoms with E-state index in [2.05, 4.69) is 90.9 Å². The number of benzene rings is 2. The van der Waals surface area contributed by atoms with E-state index in [9.17, 15) is 0 Å². The van der Waals surface area contributed by atoms with Crippen LogP contribution >= 0.6 is 0 Å². The zero-order valence-electron chi connectivity index (χ0n) is 17.6. The Morgan fingerprint density at radius 3 is 2.27 bits per heavy atom. The molecule has 0 heterocycles. The summed E-state index contributed by atoms with van der Waals surface area (Å²) in [7, 11) is 0. The minimum atomic E-state index is 0.126. The maximum absolute atomic E-state index is 2.51. The average Bonchev–Trinajstić information content (AvgIpc) is 3.03. The van der Waals surface area contributed by atoms with E-state index in [4.69, 9.17) is 0 Å². The smallest absolute Gasteiger partial charge is 0.00549 e. The number of hydrogen-bond acceptors (Lipinski definition) is 0. The number of rotatable bonds is 4. The molecule has 1 unspecified atom stereocenters. The lowest BCUT2D eigenvalue weighted by Gasteiger charge is -2.27. The Hall–Kier alpha value is -1.82. The van der Waals surface area contributed by atoms with Crippen molar-refractivity contribution in [3.8, 4) is 11.1 Å². The Bertz CT molecular complexity index is 828. The summed E-state index contributed by atoms with van der Waals surface area (Å²) in [5, 5.41) is 0. The van der Waals surface area contributed by atoms with E-state index in [-0.39, 0.29) is 5.41 Å². The van der Waals surface area contributed by atoms with E-state index in [1.165, 1.54) is 39.8 Å². The van der Waals surface area contributed by atoms with Crippen molar-refractivity contribution in [3.63, 3.8) is 0 Å². The summed E-state index contributed by atoms with van der Waals surface area (Å²) in [5.41, 5.74) is 10.5. The van der Waals surface area contributed by atoms with Gasteiger partial charge in [0, 0.05) is 0 Å². The molecular formula is C26H34. The molecule has 0 aliphatic heterocycles. The predicted molar refractivity (Wildman–Crippen MR) is 116 cm³/mol. The average molecular weight is 347 g/mol. The molecule has 1 aliphatic carbocycles. The Labute approximate surface area is 160 Å². The third-order valence-corrected chi connectivity index (χ3v) is 5.97. The Morgan fingerprint density at radius 2 is 1.65 bits per heavy atom. The monoisotopic (exact) mass is 346 g/mol. The molecule has 0 spiro atoms. The molecule has 3 rings (SSSR count). The fraction of sp³-hybridized carbons (Fsp3) is 0.462. The van der Waals surface area contributed by atoms with Crippen molar-refractivity contribution in [1.29, 1.82) is 0 Å². The Morgan fingerprint density at radius 1 is 0.962 bits per heavy atom. The van der Waals surface area contributed by atoms with Gasteiger partial charge in [-0.25, -0.2) is 0 Å². The summed E-state index contributed by atoms with van der Waals surface area (Å²) in [6.07, 6.45) is 4.83. The zero-order chi connectivity index (χ0) is 19.1. The fourth-order valence-corrected chi connectivity index (χ4v) is 4.16. The minimum Gasteiger partial charge on any atom is -0.0648 e. The molecule has 0 radical (unpaired) electrons. The largest absolute Gasteiger partial charge is 0.0648 e.